The predicted octanol–water partition coefficient (Wildman–Crippen LogP) is 2.64. The van der Waals surface area contributed by atoms with Gasteiger partial charge in [0.15, 0.2) is 0 Å². The molecule has 1 fully saturated rings. The van der Waals surface area contributed by atoms with Crippen LogP contribution in [0.15, 0.2) is 11.0 Å². The van der Waals surface area contributed by atoms with Crippen LogP contribution in [0.4, 0.5) is 0 Å². The first kappa shape index (κ1) is 22.4. The van der Waals surface area contributed by atoms with Gasteiger partial charge in [0, 0.05) is 19.1 Å². The number of sulfonamides is 1. The summed E-state index contributed by atoms with van der Waals surface area (Å²) >= 11 is 0. The monoisotopic (exact) mass is 390 g/mol. The van der Waals surface area contributed by atoms with Crippen molar-refractivity contribution >= 4 is 22.4 Å². The Balaban J connectivity index is 0.00000312. The van der Waals surface area contributed by atoms with Crippen LogP contribution in [0.25, 0.3) is 0 Å². The van der Waals surface area contributed by atoms with Crippen LogP contribution in [-0.4, -0.2) is 41.8 Å². The highest BCUT2D eigenvalue weighted by Crippen LogP contribution is 2.30. The average Bonchev–Trinajstić information content (AvgIpc) is 2.53. The van der Waals surface area contributed by atoms with Crippen LogP contribution < -0.4 is 10.0 Å². The van der Waals surface area contributed by atoms with E-state index in [0.29, 0.717) is 18.0 Å². The molecule has 1 aliphatic heterocycles. The van der Waals surface area contributed by atoms with Gasteiger partial charge in [0.05, 0.1) is 11.5 Å². The first-order valence-corrected chi connectivity index (χ1v) is 9.97. The van der Waals surface area contributed by atoms with Crippen molar-refractivity contribution in [3.05, 3.63) is 28.3 Å². The Morgan fingerprint density at radius 1 is 1.12 bits per heavy atom. The molecule has 0 aliphatic carbocycles. The molecule has 144 valence electrons. The Hall–Kier alpha value is -0.660. The molecule has 0 atom stereocenters. The molecular formula is C18H31ClN2O3S. The Morgan fingerprint density at radius 3 is 2.12 bits per heavy atom. The molecule has 1 aromatic carbocycles. The van der Waals surface area contributed by atoms with Gasteiger partial charge in [0.2, 0.25) is 10.0 Å². The van der Waals surface area contributed by atoms with E-state index < -0.39 is 10.0 Å². The lowest BCUT2D eigenvalue weighted by Crippen LogP contribution is -2.47. The lowest BCUT2D eigenvalue weighted by atomic mass is 9.80. The van der Waals surface area contributed by atoms with E-state index in [0.717, 1.165) is 48.2 Å². The van der Waals surface area contributed by atoms with Crippen LogP contribution in [0.2, 0.25) is 0 Å². The second kappa shape index (κ2) is 8.82. The van der Waals surface area contributed by atoms with E-state index in [1.807, 2.05) is 33.8 Å². The third kappa shape index (κ3) is 4.95. The van der Waals surface area contributed by atoms with Gasteiger partial charge in [-0.1, -0.05) is 6.07 Å². The zero-order chi connectivity index (χ0) is 18.0. The lowest BCUT2D eigenvalue weighted by molar-refractivity contribution is 0.0577. The number of aryl methyl sites for hydroxylation is 2. The van der Waals surface area contributed by atoms with Gasteiger partial charge in [-0.2, -0.15) is 0 Å². The Kier molecular flexibility index (Phi) is 7.90. The number of methoxy groups -OCH3 is 1. The number of hydrogen-bond donors (Lipinski definition) is 2. The van der Waals surface area contributed by atoms with E-state index in [1.165, 1.54) is 0 Å². The van der Waals surface area contributed by atoms with Crippen LogP contribution in [0.5, 0.6) is 0 Å². The van der Waals surface area contributed by atoms with Crippen LogP contribution in [0.1, 0.15) is 35.1 Å². The van der Waals surface area contributed by atoms with Crippen molar-refractivity contribution in [3.63, 3.8) is 0 Å². The van der Waals surface area contributed by atoms with Gasteiger partial charge >= 0.3 is 0 Å². The van der Waals surface area contributed by atoms with Crippen molar-refractivity contribution in [2.45, 2.75) is 45.4 Å². The second-order valence-electron chi connectivity index (χ2n) is 7.10. The molecule has 1 heterocycles. The van der Waals surface area contributed by atoms with Crippen molar-refractivity contribution in [1.82, 2.24) is 10.0 Å². The maximum Gasteiger partial charge on any atom is 0.241 e. The SMILES string of the molecule is COCC1(CNS(=O)(=O)c2c(C)c(C)cc(C)c2C)CCNCC1.Cl. The molecule has 25 heavy (non-hydrogen) atoms. The summed E-state index contributed by atoms with van der Waals surface area (Å²) in [7, 11) is -1.87. The van der Waals surface area contributed by atoms with Gasteiger partial charge in [0.25, 0.3) is 0 Å². The minimum atomic E-state index is -3.55. The van der Waals surface area contributed by atoms with Crippen LogP contribution in [0, 0.1) is 33.1 Å². The van der Waals surface area contributed by atoms with Gasteiger partial charge in [-0.25, -0.2) is 13.1 Å². The standard InChI is InChI=1S/C18H30N2O3S.ClH/c1-13-10-14(2)16(4)17(15(13)3)24(21,22)20-11-18(12-23-5)6-8-19-9-7-18;/h10,19-20H,6-9,11-12H2,1-5H3;1H. The fourth-order valence-electron chi connectivity index (χ4n) is 3.54. The quantitative estimate of drug-likeness (QED) is 0.783. The van der Waals surface area contributed by atoms with Crippen molar-refractivity contribution in [2.24, 2.45) is 5.41 Å². The summed E-state index contributed by atoms with van der Waals surface area (Å²) in [5.41, 5.74) is 3.54. The maximum absolute atomic E-state index is 13.0. The molecule has 0 unspecified atom stereocenters. The highest BCUT2D eigenvalue weighted by Gasteiger charge is 2.34. The second-order valence-corrected chi connectivity index (χ2v) is 8.80. The summed E-state index contributed by atoms with van der Waals surface area (Å²) in [6, 6.07) is 2.04. The predicted molar refractivity (Wildman–Crippen MR) is 104 cm³/mol. The molecule has 0 radical (unpaired) electrons. The smallest absolute Gasteiger partial charge is 0.241 e. The van der Waals surface area contributed by atoms with E-state index in [4.69, 9.17) is 4.74 Å². The maximum atomic E-state index is 13.0. The summed E-state index contributed by atoms with van der Waals surface area (Å²) in [6.45, 7) is 10.5. The molecule has 2 N–H and O–H groups in total. The fourth-order valence-corrected chi connectivity index (χ4v) is 5.31. The molecule has 0 aromatic heterocycles. The number of nitrogens with one attached hydrogen (secondary N) is 2. The molecular weight excluding hydrogens is 360 g/mol. The zero-order valence-electron chi connectivity index (χ0n) is 15.9. The van der Waals surface area contributed by atoms with Crippen LogP contribution in [-0.2, 0) is 14.8 Å². The Morgan fingerprint density at radius 2 is 1.64 bits per heavy atom. The van der Waals surface area contributed by atoms with Gasteiger partial charge in [-0.3, -0.25) is 0 Å². The molecule has 2 rings (SSSR count). The number of halogens is 1. The van der Waals surface area contributed by atoms with Crippen molar-refractivity contribution < 1.29 is 13.2 Å². The van der Waals surface area contributed by atoms with Gasteiger partial charge in [-0.15, -0.1) is 12.4 Å². The van der Waals surface area contributed by atoms with Gasteiger partial charge in [-0.05, 0) is 75.9 Å². The molecule has 1 aliphatic rings. The van der Waals surface area contributed by atoms with E-state index in [-0.39, 0.29) is 17.8 Å². The van der Waals surface area contributed by atoms with Crippen LogP contribution in [0.3, 0.4) is 0 Å². The summed E-state index contributed by atoms with van der Waals surface area (Å²) in [5.74, 6) is 0. The molecule has 5 nitrogen and oxygen atoms in total. The number of piperidine rings is 1. The fraction of sp³-hybridized carbons (Fsp3) is 0.667. The van der Waals surface area contributed by atoms with Crippen LogP contribution >= 0.6 is 12.4 Å². The van der Waals surface area contributed by atoms with Crippen molar-refractivity contribution in [3.8, 4) is 0 Å². The normalized spacial score (nSPS) is 17.2. The largest absolute Gasteiger partial charge is 0.384 e. The molecule has 0 amide bonds. The third-order valence-electron chi connectivity index (χ3n) is 5.32. The third-order valence-corrected chi connectivity index (χ3v) is 6.99. The van der Waals surface area contributed by atoms with Gasteiger partial charge < -0.3 is 10.1 Å². The summed E-state index contributed by atoms with van der Waals surface area (Å²) in [5, 5.41) is 3.33. The molecule has 0 saturated carbocycles. The highest BCUT2D eigenvalue weighted by molar-refractivity contribution is 7.89. The molecule has 7 heteroatoms. The summed E-state index contributed by atoms with van der Waals surface area (Å²) in [4.78, 5) is 0.432. The Labute approximate surface area is 158 Å². The first-order valence-electron chi connectivity index (χ1n) is 8.49. The molecule has 0 spiro atoms. The average molecular weight is 391 g/mol. The topological polar surface area (TPSA) is 67.4 Å². The summed E-state index contributed by atoms with van der Waals surface area (Å²) in [6.07, 6.45) is 1.82. The summed E-state index contributed by atoms with van der Waals surface area (Å²) < 4.78 is 34.2. The van der Waals surface area contributed by atoms with E-state index in [9.17, 15) is 8.42 Å². The highest BCUT2D eigenvalue weighted by atomic mass is 35.5. The molecule has 0 bridgehead atoms. The molecule has 1 saturated heterocycles. The van der Waals surface area contributed by atoms with Crippen molar-refractivity contribution in [2.75, 3.05) is 33.4 Å². The lowest BCUT2D eigenvalue weighted by Gasteiger charge is -2.37. The van der Waals surface area contributed by atoms with E-state index >= 15 is 0 Å². The minimum absolute atomic E-state index is 0. The number of hydrogen-bond acceptors (Lipinski definition) is 4. The van der Waals surface area contributed by atoms with Gasteiger partial charge in [0.1, 0.15) is 0 Å². The number of rotatable bonds is 6. The Bertz CT molecular complexity index is 667. The molecule has 1 aromatic rings. The van der Waals surface area contributed by atoms with Crippen molar-refractivity contribution in [1.29, 1.82) is 0 Å². The number of ether oxygens (including phenoxy) is 1. The number of benzene rings is 1. The minimum Gasteiger partial charge on any atom is -0.384 e. The zero-order valence-corrected chi connectivity index (χ0v) is 17.5. The van der Waals surface area contributed by atoms with E-state index in [2.05, 4.69) is 10.0 Å². The van der Waals surface area contributed by atoms with E-state index in [1.54, 1.807) is 7.11 Å². The first-order chi connectivity index (χ1) is 11.2.